The largest absolute Gasteiger partial charge is 0.508 e. The second-order valence-corrected chi connectivity index (χ2v) is 9.98. The Morgan fingerprint density at radius 3 is 2.17 bits per heavy atom. The zero-order valence-corrected chi connectivity index (χ0v) is 21.5. The zero-order valence-electron chi connectivity index (χ0n) is 21.5. The molecule has 0 saturated carbocycles. The monoisotopic (exact) mass is 504 g/mol. The van der Waals surface area contributed by atoms with E-state index in [9.17, 15) is 29.4 Å². The number of phenols is 1. The highest BCUT2D eigenvalue weighted by molar-refractivity contribution is 5.94. The number of carboxylic acids is 1. The van der Waals surface area contributed by atoms with Crippen LogP contribution >= 0.6 is 0 Å². The predicted octanol–water partition coefficient (Wildman–Crippen LogP) is 1.32. The normalized spacial score (nSPS) is 18.6. The molecule has 10 heteroatoms. The molecule has 0 bridgehead atoms. The van der Waals surface area contributed by atoms with Crippen LogP contribution in [-0.4, -0.2) is 64.6 Å². The minimum atomic E-state index is -1.15. The molecule has 1 saturated heterocycles. The quantitative estimate of drug-likeness (QED) is 0.236. The molecular weight excluding hydrogens is 464 g/mol. The van der Waals surface area contributed by atoms with Gasteiger partial charge >= 0.3 is 5.97 Å². The molecule has 5 atom stereocenters. The number of carboxylic acid groups (broad SMARTS) is 1. The van der Waals surface area contributed by atoms with Gasteiger partial charge in [0.05, 0.1) is 6.04 Å². The summed E-state index contributed by atoms with van der Waals surface area (Å²) in [5.74, 6) is -2.70. The summed E-state index contributed by atoms with van der Waals surface area (Å²) in [5.41, 5.74) is 0.670. The van der Waals surface area contributed by atoms with Gasteiger partial charge in [-0.2, -0.15) is 0 Å². The van der Waals surface area contributed by atoms with Gasteiger partial charge in [-0.25, -0.2) is 4.79 Å². The molecule has 1 aliphatic heterocycles. The van der Waals surface area contributed by atoms with E-state index in [2.05, 4.69) is 21.3 Å². The number of aliphatic carboxylic acids is 1. The van der Waals surface area contributed by atoms with Crippen LogP contribution in [0.25, 0.3) is 0 Å². The first-order valence-electron chi connectivity index (χ1n) is 12.7. The van der Waals surface area contributed by atoms with Gasteiger partial charge in [-0.05, 0) is 55.3 Å². The van der Waals surface area contributed by atoms with E-state index < -0.39 is 35.9 Å². The molecule has 0 aliphatic carbocycles. The molecule has 5 unspecified atom stereocenters. The molecule has 0 aromatic heterocycles. The van der Waals surface area contributed by atoms with Crippen molar-refractivity contribution < 1.29 is 29.4 Å². The smallest absolute Gasteiger partial charge is 0.326 e. The minimum absolute atomic E-state index is 0.0618. The van der Waals surface area contributed by atoms with Gasteiger partial charge in [0.25, 0.3) is 0 Å². The van der Waals surface area contributed by atoms with Crippen molar-refractivity contribution >= 4 is 23.7 Å². The zero-order chi connectivity index (χ0) is 26.8. The van der Waals surface area contributed by atoms with Crippen LogP contribution in [0.1, 0.15) is 58.9 Å². The Morgan fingerprint density at radius 2 is 1.64 bits per heavy atom. The molecule has 0 radical (unpaired) electrons. The third-order valence-corrected chi connectivity index (χ3v) is 6.50. The molecule has 10 nitrogen and oxygen atoms in total. The van der Waals surface area contributed by atoms with E-state index in [-0.39, 0.29) is 36.0 Å². The number of carbonyl (C=O) groups is 4. The van der Waals surface area contributed by atoms with E-state index in [1.54, 1.807) is 19.1 Å². The van der Waals surface area contributed by atoms with Crippen molar-refractivity contribution in [3.05, 3.63) is 29.8 Å². The van der Waals surface area contributed by atoms with Crippen molar-refractivity contribution in [3.63, 3.8) is 0 Å². The lowest BCUT2D eigenvalue weighted by Gasteiger charge is -2.27. The van der Waals surface area contributed by atoms with E-state index >= 15 is 0 Å². The summed E-state index contributed by atoms with van der Waals surface area (Å²) in [6.45, 7) is 8.18. The van der Waals surface area contributed by atoms with Crippen LogP contribution < -0.4 is 21.3 Å². The molecule has 2 rings (SSSR count). The number of amides is 3. The van der Waals surface area contributed by atoms with Crippen LogP contribution in [0.3, 0.4) is 0 Å². The van der Waals surface area contributed by atoms with Crippen LogP contribution in [0, 0.1) is 11.8 Å². The summed E-state index contributed by atoms with van der Waals surface area (Å²) in [6, 6.07) is 2.82. The maximum absolute atomic E-state index is 13.3. The summed E-state index contributed by atoms with van der Waals surface area (Å²) in [5, 5.41) is 30.4. The summed E-state index contributed by atoms with van der Waals surface area (Å²) >= 11 is 0. The molecule has 1 heterocycles. The van der Waals surface area contributed by atoms with Gasteiger partial charge in [0.2, 0.25) is 17.7 Å². The minimum Gasteiger partial charge on any atom is -0.508 e. The van der Waals surface area contributed by atoms with E-state index in [1.807, 2.05) is 20.8 Å². The van der Waals surface area contributed by atoms with E-state index in [4.69, 9.17) is 0 Å². The number of carbonyl (C=O) groups excluding carboxylic acids is 3. The van der Waals surface area contributed by atoms with Crippen molar-refractivity contribution in [2.45, 2.75) is 84.0 Å². The summed E-state index contributed by atoms with van der Waals surface area (Å²) in [4.78, 5) is 51.0. The van der Waals surface area contributed by atoms with Crippen molar-refractivity contribution in [3.8, 4) is 5.75 Å². The fourth-order valence-electron chi connectivity index (χ4n) is 4.17. The van der Waals surface area contributed by atoms with E-state index in [0.29, 0.717) is 24.8 Å². The number of hydrogen-bond acceptors (Lipinski definition) is 6. The summed E-state index contributed by atoms with van der Waals surface area (Å²) < 4.78 is 0. The van der Waals surface area contributed by atoms with Gasteiger partial charge in [-0.1, -0.05) is 46.2 Å². The standard InChI is InChI=1S/C26H40N4O6/c1-5-16(4)22(26(35)36)30-25(34)21(14-17-8-10-18(31)11-9-17)29-24(33)20(13-15(2)3)28-23(32)19-7-6-12-27-19/h8-11,15-16,19-22,27,31H,5-7,12-14H2,1-4H3,(H,28,32)(H,29,33)(H,30,34)(H,35,36). The molecule has 1 fully saturated rings. The van der Waals surface area contributed by atoms with Gasteiger partial charge in [0, 0.05) is 6.42 Å². The SMILES string of the molecule is CCC(C)C(NC(=O)C(Cc1ccc(O)cc1)NC(=O)C(CC(C)C)NC(=O)C1CCCN1)C(=O)O. The maximum Gasteiger partial charge on any atom is 0.326 e. The number of aromatic hydroxyl groups is 1. The topological polar surface area (TPSA) is 157 Å². The average Bonchev–Trinajstić information content (AvgIpc) is 3.37. The highest BCUT2D eigenvalue weighted by Gasteiger charge is 2.33. The van der Waals surface area contributed by atoms with Crippen molar-refractivity contribution in [1.29, 1.82) is 0 Å². The Hall–Kier alpha value is -3.14. The third kappa shape index (κ3) is 8.82. The van der Waals surface area contributed by atoms with Crippen LogP contribution in [0.5, 0.6) is 5.75 Å². The lowest BCUT2D eigenvalue weighted by atomic mass is 9.97. The first-order chi connectivity index (χ1) is 17.0. The second kappa shape index (κ2) is 13.8. The van der Waals surface area contributed by atoms with Gasteiger partial charge in [0.15, 0.2) is 0 Å². The van der Waals surface area contributed by atoms with Crippen LogP contribution in [0.2, 0.25) is 0 Å². The third-order valence-electron chi connectivity index (χ3n) is 6.50. The fraction of sp³-hybridized carbons (Fsp3) is 0.615. The molecule has 3 amide bonds. The molecule has 6 N–H and O–H groups in total. The van der Waals surface area contributed by atoms with Crippen LogP contribution in [-0.2, 0) is 25.6 Å². The Kier molecular flexibility index (Phi) is 11.2. The van der Waals surface area contributed by atoms with Gasteiger partial charge in [-0.3, -0.25) is 14.4 Å². The highest BCUT2D eigenvalue weighted by atomic mass is 16.4. The number of benzene rings is 1. The first kappa shape index (κ1) is 29.1. The van der Waals surface area contributed by atoms with Crippen LogP contribution in [0.4, 0.5) is 0 Å². The van der Waals surface area contributed by atoms with E-state index in [1.165, 1.54) is 12.1 Å². The lowest BCUT2D eigenvalue weighted by Crippen LogP contribution is -2.58. The Balaban J connectivity index is 2.23. The van der Waals surface area contributed by atoms with Gasteiger partial charge in [-0.15, -0.1) is 0 Å². The molecule has 1 aromatic carbocycles. The molecule has 1 aliphatic rings. The summed E-state index contributed by atoms with van der Waals surface area (Å²) in [7, 11) is 0. The average molecular weight is 505 g/mol. The summed E-state index contributed by atoms with van der Waals surface area (Å²) in [6.07, 6.45) is 2.58. The number of rotatable bonds is 13. The highest BCUT2D eigenvalue weighted by Crippen LogP contribution is 2.14. The lowest BCUT2D eigenvalue weighted by molar-refractivity contribution is -0.143. The van der Waals surface area contributed by atoms with E-state index in [0.717, 1.165) is 13.0 Å². The Bertz CT molecular complexity index is 898. The number of hydrogen-bond donors (Lipinski definition) is 6. The Labute approximate surface area is 212 Å². The molecule has 1 aromatic rings. The first-order valence-corrected chi connectivity index (χ1v) is 12.7. The van der Waals surface area contributed by atoms with Gasteiger partial charge in [0.1, 0.15) is 23.9 Å². The molecular formula is C26H40N4O6. The fourth-order valence-corrected chi connectivity index (χ4v) is 4.17. The number of nitrogens with one attached hydrogen (secondary N) is 4. The molecule has 0 spiro atoms. The van der Waals surface area contributed by atoms with Crippen molar-refractivity contribution in [2.75, 3.05) is 6.54 Å². The Morgan fingerprint density at radius 1 is 1.00 bits per heavy atom. The molecule has 36 heavy (non-hydrogen) atoms. The van der Waals surface area contributed by atoms with Crippen molar-refractivity contribution in [2.24, 2.45) is 11.8 Å². The predicted molar refractivity (Wildman–Crippen MR) is 135 cm³/mol. The van der Waals surface area contributed by atoms with Crippen molar-refractivity contribution in [1.82, 2.24) is 21.3 Å². The molecule has 200 valence electrons. The maximum atomic E-state index is 13.3. The van der Waals surface area contributed by atoms with Gasteiger partial charge < -0.3 is 31.5 Å². The number of phenolic OH excluding ortho intramolecular Hbond substituents is 1. The van der Waals surface area contributed by atoms with Crippen LogP contribution in [0.15, 0.2) is 24.3 Å². The second-order valence-electron chi connectivity index (χ2n) is 9.98.